The van der Waals surface area contributed by atoms with Gasteiger partial charge in [0.05, 0.1) is 23.4 Å². The lowest BCUT2D eigenvalue weighted by molar-refractivity contribution is -0.152. The van der Waals surface area contributed by atoms with E-state index in [-0.39, 0.29) is 0 Å². The lowest BCUT2D eigenvalue weighted by Crippen LogP contribution is -2.37. The molecule has 9 heteroatoms. The van der Waals surface area contributed by atoms with Crippen LogP contribution in [-0.2, 0) is 17.4 Å². The third-order valence-corrected chi connectivity index (χ3v) is 5.41. The number of aromatic nitrogens is 2. The van der Waals surface area contributed by atoms with E-state index in [1.165, 1.54) is 24.6 Å². The molecule has 0 unspecified atom stereocenters. The van der Waals surface area contributed by atoms with Crippen LogP contribution in [0, 0.1) is 0 Å². The second-order valence-corrected chi connectivity index (χ2v) is 8.46. The summed E-state index contributed by atoms with van der Waals surface area (Å²) >= 11 is 0. The zero-order valence-corrected chi connectivity index (χ0v) is 19.0. The first kappa shape index (κ1) is 24.1. The lowest BCUT2D eigenvalue weighted by atomic mass is 10.1. The number of alkyl halides is 3. The predicted octanol–water partition coefficient (Wildman–Crippen LogP) is 5.91. The molecule has 0 fully saturated rings. The van der Waals surface area contributed by atoms with Crippen LogP contribution in [0.5, 0.6) is 11.5 Å². The largest absolute Gasteiger partial charge is 0.493 e. The molecule has 1 aromatic heterocycles. The summed E-state index contributed by atoms with van der Waals surface area (Å²) in [6.07, 6.45) is -2.20. The Bertz CT molecular complexity index is 1340. The Morgan fingerprint density at radius 3 is 2.37 bits per heavy atom. The first-order valence-corrected chi connectivity index (χ1v) is 10.8. The van der Waals surface area contributed by atoms with Gasteiger partial charge in [0.25, 0.3) is 0 Å². The number of hydrogen-bond acceptors (Lipinski definition) is 4. The molecule has 3 aromatic carbocycles. The van der Waals surface area contributed by atoms with Crippen molar-refractivity contribution in [2.75, 3.05) is 6.61 Å². The van der Waals surface area contributed by atoms with E-state index >= 15 is 0 Å². The molecule has 6 nitrogen and oxygen atoms in total. The standard InChI is InChI=1S/C26H23F3N2O4/c1-25(2,24(32)33)35-22-11-9-21(10-12-22)34-14-13-17-5-3-6-18-16-31(30-23(17)18)20-8-4-7-19(15-20)26(27,28)29/h3-12,15-16H,13-14H2,1-2H3,(H,32,33). The summed E-state index contributed by atoms with van der Waals surface area (Å²) in [4.78, 5) is 11.2. The van der Waals surface area contributed by atoms with Gasteiger partial charge in [-0.2, -0.15) is 18.3 Å². The van der Waals surface area contributed by atoms with Crippen LogP contribution >= 0.6 is 0 Å². The quantitative estimate of drug-likeness (QED) is 0.337. The monoisotopic (exact) mass is 484 g/mol. The SMILES string of the molecule is CC(C)(Oc1ccc(OCCc2cccc3cn(-c4cccc(C(F)(F)F)c4)nc23)cc1)C(=O)O. The van der Waals surface area contributed by atoms with Gasteiger partial charge >= 0.3 is 12.1 Å². The van der Waals surface area contributed by atoms with Crippen molar-refractivity contribution in [1.82, 2.24) is 9.78 Å². The Hall–Kier alpha value is -4.01. The first-order valence-electron chi connectivity index (χ1n) is 10.8. The van der Waals surface area contributed by atoms with Crippen LogP contribution in [0.25, 0.3) is 16.6 Å². The predicted molar refractivity (Wildman–Crippen MR) is 124 cm³/mol. The topological polar surface area (TPSA) is 73.6 Å². The molecule has 0 atom stereocenters. The summed E-state index contributed by atoms with van der Waals surface area (Å²) in [5.74, 6) is -0.0655. The number of hydrogen-bond donors (Lipinski definition) is 1. The van der Waals surface area contributed by atoms with Crippen LogP contribution in [0.2, 0.25) is 0 Å². The van der Waals surface area contributed by atoms with Gasteiger partial charge in [-0.25, -0.2) is 9.48 Å². The number of halogens is 3. The molecule has 35 heavy (non-hydrogen) atoms. The Morgan fingerprint density at radius 2 is 1.69 bits per heavy atom. The number of carboxylic acids is 1. The van der Waals surface area contributed by atoms with Crippen LogP contribution in [0.3, 0.4) is 0 Å². The van der Waals surface area contributed by atoms with Gasteiger partial charge in [-0.05, 0) is 61.9 Å². The Kier molecular flexibility index (Phi) is 6.43. The Morgan fingerprint density at radius 1 is 1.00 bits per heavy atom. The van der Waals surface area contributed by atoms with Gasteiger partial charge in [-0.1, -0.05) is 24.3 Å². The minimum atomic E-state index is -4.43. The van der Waals surface area contributed by atoms with Crippen molar-refractivity contribution in [2.45, 2.75) is 32.0 Å². The fourth-order valence-electron chi connectivity index (χ4n) is 3.49. The van der Waals surface area contributed by atoms with E-state index in [0.717, 1.165) is 23.1 Å². The molecule has 1 heterocycles. The third-order valence-electron chi connectivity index (χ3n) is 5.41. The molecule has 0 aliphatic rings. The highest BCUT2D eigenvalue weighted by atomic mass is 19.4. The zero-order valence-electron chi connectivity index (χ0n) is 19.0. The van der Waals surface area contributed by atoms with Gasteiger partial charge in [0.15, 0.2) is 5.60 Å². The van der Waals surface area contributed by atoms with Crippen molar-refractivity contribution in [1.29, 1.82) is 0 Å². The summed E-state index contributed by atoms with van der Waals surface area (Å²) < 4.78 is 52.0. The number of carbonyl (C=O) groups is 1. The molecule has 182 valence electrons. The van der Waals surface area contributed by atoms with Crippen LogP contribution in [0.15, 0.2) is 72.9 Å². The summed E-state index contributed by atoms with van der Waals surface area (Å²) in [5, 5.41) is 14.5. The van der Waals surface area contributed by atoms with E-state index in [9.17, 15) is 18.0 Å². The van der Waals surface area contributed by atoms with Crippen molar-refractivity contribution in [3.63, 3.8) is 0 Å². The zero-order chi connectivity index (χ0) is 25.2. The van der Waals surface area contributed by atoms with E-state index in [0.29, 0.717) is 35.7 Å². The van der Waals surface area contributed by atoms with Crippen LogP contribution in [0.1, 0.15) is 25.0 Å². The molecule has 0 aliphatic carbocycles. The molecule has 0 spiro atoms. The molecular weight excluding hydrogens is 461 g/mol. The smallest absolute Gasteiger partial charge is 0.416 e. The average Bonchev–Trinajstić information content (AvgIpc) is 3.25. The Labute approximate surface area is 199 Å². The summed E-state index contributed by atoms with van der Waals surface area (Å²) in [5.41, 5.74) is -0.166. The van der Waals surface area contributed by atoms with Crippen molar-refractivity contribution in [3.05, 3.63) is 84.1 Å². The highest BCUT2D eigenvalue weighted by Gasteiger charge is 2.31. The molecule has 1 N–H and O–H groups in total. The summed E-state index contributed by atoms with van der Waals surface area (Å²) in [6.45, 7) is 3.28. The maximum absolute atomic E-state index is 13.1. The molecule has 0 amide bonds. The molecule has 0 saturated heterocycles. The summed E-state index contributed by atoms with van der Waals surface area (Å²) in [7, 11) is 0. The van der Waals surface area contributed by atoms with E-state index < -0.39 is 23.3 Å². The number of ether oxygens (including phenoxy) is 2. The highest BCUT2D eigenvalue weighted by molar-refractivity contribution is 5.82. The molecule has 0 bridgehead atoms. The van der Waals surface area contributed by atoms with E-state index in [4.69, 9.17) is 14.6 Å². The van der Waals surface area contributed by atoms with Gasteiger partial charge in [-0.3, -0.25) is 0 Å². The molecule has 4 aromatic rings. The average molecular weight is 484 g/mol. The highest BCUT2D eigenvalue weighted by Crippen LogP contribution is 2.31. The van der Waals surface area contributed by atoms with Crippen molar-refractivity contribution in [2.24, 2.45) is 0 Å². The number of rotatable bonds is 8. The molecule has 0 radical (unpaired) electrons. The number of nitrogens with zero attached hydrogens (tertiary/aromatic N) is 2. The van der Waals surface area contributed by atoms with Crippen molar-refractivity contribution < 1.29 is 32.5 Å². The molecule has 4 rings (SSSR count). The lowest BCUT2D eigenvalue weighted by Gasteiger charge is -2.21. The van der Waals surface area contributed by atoms with Crippen molar-refractivity contribution >= 4 is 16.9 Å². The minimum absolute atomic E-state index is 0.326. The molecular formula is C26H23F3N2O4. The van der Waals surface area contributed by atoms with Crippen molar-refractivity contribution in [3.8, 4) is 17.2 Å². The van der Waals surface area contributed by atoms with Gasteiger partial charge in [0.1, 0.15) is 11.5 Å². The maximum atomic E-state index is 13.1. The fraction of sp³-hybridized carbons (Fsp3) is 0.231. The van der Waals surface area contributed by atoms with Gasteiger partial charge < -0.3 is 14.6 Å². The van der Waals surface area contributed by atoms with Crippen LogP contribution in [-0.4, -0.2) is 33.1 Å². The second-order valence-electron chi connectivity index (χ2n) is 8.46. The van der Waals surface area contributed by atoms with Crippen LogP contribution in [0.4, 0.5) is 13.2 Å². The number of carboxylic acid groups (broad SMARTS) is 1. The van der Waals surface area contributed by atoms with Gasteiger partial charge in [0.2, 0.25) is 0 Å². The number of benzene rings is 3. The van der Waals surface area contributed by atoms with E-state index in [2.05, 4.69) is 5.10 Å². The normalized spacial score (nSPS) is 12.0. The third kappa shape index (κ3) is 5.56. The van der Waals surface area contributed by atoms with E-state index in [1.807, 2.05) is 18.2 Å². The van der Waals surface area contributed by atoms with E-state index in [1.54, 1.807) is 36.5 Å². The maximum Gasteiger partial charge on any atom is 0.416 e. The number of fused-ring (bicyclic) bond motifs is 1. The van der Waals surface area contributed by atoms with Gasteiger partial charge in [0, 0.05) is 18.0 Å². The summed E-state index contributed by atoms with van der Waals surface area (Å²) in [6, 6.07) is 17.3. The number of aliphatic carboxylic acids is 1. The second kappa shape index (κ2) is 9.32. The van der Waals surface area contributed by atoms with Crippen LogP contribution < -0.4 is 9.47 Å². The molecule has 0 aliphatic heterocycles. The van der Waals surface area contributed by atoms with Gasteiger partial charge in [-0.15, -0.1) is 0 Å². The minimum Gasteiger partial charge on any atom is -0.493 e. The molecule has 0 saturated carbocycles. The Balaban J connectivity index is 1.44. The first-order chi connectivity index (χ1) is 16.5. The fourth-order valence-corrected chi connectivity index (χ4v) is 3.49.